The van der Waals surface area contributed by atoms with Gasteiger partial charge in [0.05, 0.1) is 26.3 Å². The maximum atomic E-state index is 14.5. The fraction of sp³-hybridized carbons (Fsp3) is 0.579. The Morgan fingerprint density at radius 1 is 1.15 bits per heavy atom. The quantitative estimate of drug-likeness (QED) is 0.788. The van der Waals surface area contributed by atoms with E-state index in [0.717, 1.165) is 24.2 Å². The van der Waals surface area contributed by atoms with Crippen LogP contribution in [0.1, 0.15) is 19.3 Å². The molecule has 2 heterocycles. The predicted molar refractivity (Wildman–Crippen MR) is 92.3 cm³/mol. The molecule has 1 unspecified atom stereocenters. The number of benzene rings is 1. The summed E-state index contributed by atoms with van der Waals surface area (Å²) < 4.78 is 39.5. The number of morpholine rings is 1. The molecule has 2 saturated heterocycles. The molecule has 27 heavy (non-hydrogen) atoms. The van der Waals surface area contributed by atoms with E-state index < -0.39 is 17.6 Å². The molecular formula is C19H22F2N2O4. The van der Waals surface area contributed by atoms with Crippen LogP contribution in [0.3, 0.4) is 0 Å². The second-order valence-corrected chi connectivity index (χ2v) is 7.47. The molecule has 1 aliphatic carbocycles. The maximum absolute atomic E-state index is 14.5. The minimum Gasteiger partial charge on any atom is -0.376 e. The van der Waals surface area contributed by atoms with Gasteiger partial charge in [-0.15, -0.1) is 0 Å². The molecule has 2 aliphatic heterocycles. The summed E-state index contributed by atoms with van der Waals surface area (Å²) in [6, 6.07) is 8.30. The normalized spacial score (nSPS) is 28.7. The SMILES string of the molecule is O=C(C1CCC1)N1CCOCC2(C1)CN(c1ccccc1)C(=O)C(F)(F)O2. The van der Waals surface area contributed by atoms with Gasteiger partial charge in [0.1, 0.15) is 5.60 Å². The molecule has 3 aliphatic rings. The third kappa shape index (κ3) is 3.43. The van der Waals surface area contributed by atoms with Crippen molar-refractivity contribution in [1.29, 1.82) is 0 Å². The summed E-state index contributed by atoms with van der Waals surface area (Å²) in [5, 5.41) is 0. The van der Waals surface area contributed by atoms with Crippen LogP contribution < -0.4 is 4.90 Å². The van der Waals surface area contributed by atoms with Crippen LogP contribution in [0.25, 0.3) is 0 Å². The molecule has 0 bridgehead atoms. The first-order valence-electron chi connectivity index (χ1n) is 9.22. The van der Waals surface area contributed by atoms with Gasteiger partial charge in [-0.05, 0) is 25.0 Å². The van der Waals surface area contributed by atoms with Crippen molar-refractivity contribution >= 4 is 17.5 Å². The number of hydrogen-bond acceptors (Lipinski definition) is 4. The Morgan fingerprint density at radius 2 is 1.89 bits per heavy atom. The van der Waals surface area contributed by atoms with Crippen molar-refractivity contribution in [3.05, 3.63) is 30.3 Å². The number of para-hydroxylation sites is 1. The van der Waals surface area contributed by atoms with Crippen molar-refractivity contribution < 1.29 is 27.8 Å². The zero-order valence-corrected chi connectivity index (χ0v) is 14.9. The molecule has 0 N–H and O–H groups in total. The second-order valence-electron chi connectivity index (χ2n) is 7.47. The smallest absolute Gasteiger partial charge is 0.376 e. The van der Waals surface area contributed by atoms with Crippen molar-refractivity contribution in [2.45, 2.75) is 31.0 Å². The summed E-state index contributed by atoms with van der Waals surface area (Å²) in [5.41, 5.74) is -1.10. The summed E-state index contributed by atoms with van der Waals surface area (Å²) >= 11 is 0. The van der Waals surface area contributed by atoms with Gasteiger partial charge in [-0.3, -0.25) is 14.3 Å². The van der Waals surface area contributed by atoms with Crippen LogP contribution >= 0.6 is 0 Å². The summed E-state index contributed by atoms with van der Waals surface area (Å²) in [4.78, 5) is 27.5. The van der Waals surface area contributed by atoms with Crippen LogP contribution in [0, 0.1) is 5.92 Å². The van der Waals surface area contributed by atoms with E-state index in [2.05, 4.69) is 0 Å². The molecule has 1 saturated carbocycles. The number of anilines is 1. The number of ether oxygens (including phenoxy) is 2. The Labute approximate surface area is 156 Å². The van der Waals surface area contributed by atoms with Crippen molar-refractivity contribution in [3.8, 4) is 0 Å². The first-order valence-corrected chi connectivity index (χ1v) is 9.22. The van der Waals surface area contributed by atoms with Gasteiger partial charge in [-0.1, -0.05) is 24.6 Å². The van der Waals surface area contributed by atoms with E-state index in [9.17, 15) is 18.4 Å². The van der Waals surface area contributed by atoms with Gasteiger partial charge in [0.15, 0.2) is 0 Å². The fourth-order valence-corrected chi connectivity index (χ4v) is 3.85. The van der Waals surface area contributed by atoms with Gasteiger partial charge < -0.3 is 14.5 Å². The molecule has 3 fully saturated rings. The number of carbonyl (C=O) groups excluding carboxylic acids is 2. The van der Waals surface area contributed by atoms with Crippen LogP contribution in [0.15, 0.2) is 30.3 Å². The Balaban J connectivity index is 1.63. The van der Waals surface area contributed by atoms with Gasteiger partial charge in [-0.2, -0.15) is 8.78 Å². The van der Waals surface area contributed by atoms with Crippen molar-refractivity contribution in [3.63, 3.8) is 0 Å². The molecule has 6 nitrogen and oxygen atoms in total. The molecular weight excluding hydrogens is 358 g/mol. The number of nitrogens with zero attached hydrogens (tertiary/aromatic N) is 2. The van der Waals surface area contributed by atoms with Gasteiger partial charge in [0, 0.05) is 18.2 Å². The van der Waals surface area contributed by atoms with Crippen LogP contribution in [0.2, 0.25) is 0 Å². The average Bonchev–Trinajstić information content (AvgIpc) is 2.80. The lowest BCUT2D eigenvalue weighted by Gasteiger charge is -2.46. The van der Waals surface area contributed by atoms with Gasteiger partial charge in [0.2, 0.25) is 5.91 Å². The van der Waals surface area contributed by atoms with Crippen LogP contribution in [-0.2, 0) is 19.1 Å². The van der Waals surface area contributed by atoms with Gasteiger partial charge in [-0.25, -0.2) is 0 Å². The molecule has 2 amide bonds. The van der Waals surface area contributed by atoms with Crippen LogP contribution in [0.4, 0.5) is 14.5 Å². The van der Waals surface area contributed by atoms with Crippen molar-refractivity contribution in [2.75, 3.05) is 37.7 Å². The first-order chi connectivity index (χ1) is 12.9. The molecule has 0 aromatic heterocycles. The van der Waals surface area contributed by atoms with Gasteiger partial charge >= 0.3 is 12.0 Å². The molecule has 1 atom stereocenters. The minimum absolute atomic E-state index is 0.0193. The highest BCUT2D eigenvalue weighted by Gasteiger charge is 2.58. The first kappa shape index (κ1) is 18.3. The lowest BCUT2D eigenvalue weighted by atomic mass is 9.84. The number of halogens is 2. The van der Waals surface area contributed by atoms with Crippen LogP contribution in [-0.4, -0.2) is 61.3 Å². The largest absolute Gasteiger partial charge is 0.437 e. The fourth-order valence-electron chi connectivity index (χ4n) is 3.85. The predicted octanol–water partition coefficient (Wildman–Crippen LogP) is 2.04. The van der Waals surface area contributed by atoms with E-state index in [-0.39, 0.29) is 38.1 Å². The molecule has 1 aromatic rings. The third-order valence-electron chi connectivity index (χ3n) is 5.47. The molecule has 8 heteroatoms. The topological polar surface area (TPSA) is 59.1 Å². The van der Waals surface area contributed by atoms with E-state index in [1.165, 1.54) is 0 Å². The Kier molecular flexibility index (Phi) is 4.63. The highest BCUT2D eigenvalue weighted by molar-refractivity contribution is 5.98. The summed E-state index contributed by atoms with van der Waals surface area (Å²) in [6.45, 7) is 0.377. The zero-order chi connectivity index (χ0) is 19.1. The Hall–Kier alpha value is -2.06. The van der Waals surface area contributed by atoms with E-state index in [4.69, 9.17) is 9.47 Å². The van der Waals surface area contributed by atoms with E-state index in [1.54, 1.807) is 35.2 Å². The van der Waals surface area contributed by atoms with E-state index in [0.29, 0.717) is 12.2 Å². The Bertz CT molecular complexity index is 726. The highest BCUT2D eigenvalue weighted by atomic mass is 19.3. The molecule has 146 valence electrons. The number of hydrogen-bond donors (Lipinski definition) is 0. The number of carbonyl (C=O) groups is 2. The third-order valence-corrected chi connectivity index (χ3v) is 5.47. The van der Waals surface area contributed by atoms with E-state index in [1.807, 2.05) is 0 Å². The lowest BCUT2D eigenvalue weighted by Crippen LogP contribution is -2.67. The summed E-state index contributed by atoms with van der Waals surface area (Å²) in [5.74, 6) is -1.49. The highest BCUT2D eigenvalue weighted by Crippen LogP contribution is 2.37. The van der Waals surface area contributed by atoms with E-state index >= 15 is 0 Å². The summed E-state index contributed by atoms with van der Waals surface area (Å²) in [7, 11) is 0. The zero-order valence-electron chi connectivity index (χ0n) is 14.9. The van der Waals surface area contributed by atoms with Gasteiger partial charge in [0.25, 0.3) is 0 Å². The Morgan fingerprint density at radius 3 is 2.56 bits per heavy atom. The molecule has 1 spiro atoms. The molecule has 1 aromatic carbocycles. The lowest BCUT2D eigenvalue weighted by molar-refractivity contribution is -0.293. The second kappa shape index (κ2) is 6.83. The average molecular weight is 380 g/mol. The molecule has 4 rings (SSSR count). The number of alkyl halides is 2. The minimum atomic E-state index is -3.98. The van der Waals surface area contributed by atoms with Crippen LogP contribution in [0.5, 0.6) is 0 Å². The summed E-state index contributed by atoms with van der Waals surface area (Å²) in [6.07, 6.45) is -1.31. The molecule has 0 radical (unpaired) electrons. The standard InChI is InChI=1S/C19H22F2N2O4/c20-19(21)17(25)23(15-7-2-1-3-8-15)12-18(27-19)11-22(9-10-26-13-18)16(24)14-5-4-6-14/h1-3,7-8,14H,4-6,9-13H2. The number of rotatable bonds is 2. The maximum Gasteiger partial charge on any atom is 0.437 e. The van der Waals surface area contributed by atoms with Crippen molar-refractivity contribution in [1.82, 2.24) is 4.90 Å². The number of amides is 2. The monoisotopic (exact) mass is 380 g/mol. The van der Waals surface area contributed by atoms with Crippen molar-refractivity contribution in [2.24, 2.45) is 5.92 Å².